The number of carbonyl (C=O) groups excluding carboxylic acids is 1. The Morgan fingerprint density at radius 3 is 2.53 bits per heavy atom. The molecule has 0 heterocycles. The maximum atomic E-state index is 13.1. The summed E-state index contributed by atoms with van der Waals surface area (Å²) in [6, 6.07) is 3.87. The van der Waals surface area contributed by atoms with E-state index in [1.165, 1.54) is 23.1 Å². The van der Waals surface area contributed by atoms with Gasteiger partial charge in [-0.1, -0.05) is 13.8 Å². The predicted octanol–water partition coefficient (Wildman–Crippen LogP) is 2.77. The van der Waals surface area contributed by atoms with E-state index in [1.807, 2.05) is 13.8 Å². The van der Waals surface area contributed by atoms with Gasteiger partial charge >= 0.3 is 5.97 Å². The van der Waals surface area contributed by atoms with Crippen molar-refractivity contribution in [3.63, 3.8) is 0 Å². The Kier molecular flexibility index (Phi) is 5.47. The summed E-state index contributed by atoms with van der Waals surface area (Å²) in [4.78, 5) is 24.2. The fourth-order valence-corrected chi connectivity index (χ4v) is 2.01. The first kappa shape index (κ1) is 15.6. The summed E-state index contributed by atoms with van der Waals surface area (Å²) in [7, 11) is 0. The van der Waals surface area contributed by atoms with Crippen LogP contribution in [0.2, 0.25) is 0 Å². The van der Waals surface area contributed by atoms with Crippen molar-refractivity contribution in [3.05, 3.63) is 34.1 Å². The first-order valence-electron chi connectivity index (χ1n) is 5.77. The maximum Gasteiger partial charge on any atom is 0.323 e. The molecule has 0 saturated heterocycles. The minimum Gasteiger partial charge on any atom is -0.480 e. The fraction of sp³-hybridized carbons (Fsp3) is 0.385. The van der Waals surface area contributed by atoms with Gasteiger partial charge in [0.05, 0.1) is 4.47 Å². The number of benzene rings is 1. The molecule has 0 aliphatic rings. The molecule has 0 fully saturated rings. The number of amides is 1. The van der Waals surface area contributed by atoms with Crippen LogP contribution in [0.15, 0.2) is 22.7 Å². The van der Waals surface area contributed by atoms with Gasteiger partial charge in [-0.15, -0.1) is 0 Å². The zero-order valence-electron chi connectivity index (χ0n) is 10.7. The van der Waals surface area contributed by atoms with Gasteiger partial charge in [0, 0.05) is 12.1 Å². The van der Waals surface area contributed by atoms with Crippen molar-refractivity contribution in [3.8, 4) is 0 Å². The largest absolute Gasteiger partial charge is 0.480 e. The highest BCUT2D eigenvalue weighted by atomic mass is 79.9. The Morgan fingerprint density at radius 2 is 2.05 bits per heavy atom. The monoisotopic (exact) mass is 331 g/mol. The average molecular weight is 332 g/mol. The molecule has 0 unspecified atom stereocenters. The van der Waals surface area contributed by atoms with Gasteiger partial charge in [-0.25, -0.2) is 4.39 Å². The summed E-state index contributed by atoms with van der Waals surface area (Å²) in [6.45, 7) is 3.75. The lowest BCUT2D eigenvalue weighted by Crippen LogP contribution is -2.38. The molecule has 1 amide bonds. The van der Waals surface area contributed by atoms with Crippen LogP contribution >= 0.6 is 15.9 Å². The molecule has 0 spiro atoms. The second kappa shape index (κ2) is 6.65. The van der Waals surface area contributed by atoms with Gasteiger partial charge in [-0.05, 0) is 40.0 Å². The second-order valence-corrected chi connectivity index (χ2v) is 5.46. The minimum absolute atomic E-state index is 0.146. The summed E-state index contributed by atoms with van der Waals surface area (Å²) in [5.74, 6) is -1.82. The van der Waals surface area contributed by atoms with Gasteiger partial charge in [-0.3, -0.25) is 9.59 Å². The summed E-state index contributed by atoms with van der Waals surface area (Å²) in [5, 5.41) is 8.83. The van der Waals surface area contributed by atoms with Gasteiger partial charge in [0.2, 0.25) is 0 Å². The Morgan fingerprint density at radius 1 is 1.42 bits per heavy atom. The Balaban J connectivity index is 2.97. The van der Waals surface area contributed by atoms with Crippen LogP contribution in [0.25, 0.3) is 0 Å². The van der Waals surface area contributed by atoms with E-state index in [9.17, 15) is 14.0 Å². The van der Waals surface area contributed by atoms with E-state index in [0.29, 0.717) is 6.54 Å². The number of carboxylic acids is 1. The third kappa shape index (κ3) is 4.63. The van der Waals surface area contributed by atoms with E-state index >= 15 is 0 Å². The lowest BCUT2D eigenvalue weighted by atomic mass is 10.1. The first-order chi connectivity index (χ1) is 8.81. The molecule has 0 aliphatic heterocycles. The van der Waals surface area contributed by atoms with Gasteiger partial charge in [0.25, 0.3) is 5.91 Å². The standard InChI is InChI=1S/C13H15BrFNO3/c1-8(2)6-16(7-12(17)18)13(19)9-3-4-11(15)10(14)5-9/h3-5,8H,6-7H2,1-2H3,(H,17,18). The smallest absolute Gasteiger partial charge is 0.323 e. The topological polar surface area (TPSA) is 57.6 Å². The minimum atomic E-state index is -1.07. The van der Waals surface area contributed by atoms with E-state index in [2.05, 4.69) is 15.9 Å². The highest BCUT2D eigenvalue weighted by molar-refractivity contribution is 9.10. The molecule has 1 aromatic carbocycles. The molecule has 0 bridgehead atoms. The van der Waals surface area contributed by atoms with Gasteiger partial charge < -0.3 is 10.0 Å². The number of rotatable bonds is 5. The molecule has 1 rings (SSSR count). The third-order valence-electron chi connectivity index (χ3n) is 2.37. The molecule has 19 heavy (non-hydrogen) atoms. The predicted molar refractivity (Wildman–Crippen MR) is 72.5 cm³/mol. The summed E-state index contributed by atoms with van der Waals surface area (Å²) in [6.07, 6.45) is 0. The zero-order valence-corrected chi connectivity index (χ0v) is 12.3. The summed E-state index contributed by atoms with van der Waals surface area (Å²) < 4.78 is 13.3. The zero-order chi connectivity index (χ0) is 14.6. The number of nitrogens with zero attached hydrogens (tertiary/aromatic N) is 1. The Bertz CT molecular complexity index is 491. The van der Waals surface area contributed by atoms with Crippen LogP contribution in [0.4, 0.5) is 4.39 Å². The van der Waals surface area contributed by atoms with E-state index < -0.39 is 17.7 Å². The molecular weight excluding hydrogens is 317 g/mol. The molecular formula is C13H15BrFNO3. The Labute approximate surface area is 119 Å². The van der Waals surface area contributed by atoms with Crippen LogP contribution < -0.4 is 0 Å². The van der Waals surface area contributed by atoms with Crippen LogP contribution in [0, 0.1) is 11.7 Å². The molecule has 1 aromatic rings. The van der Waals surface area contributed by atoms with Crippen LogP contribution in [0.5, 0.6) is 0 Å². The summed E-state index contributed by atoms with van der Waals surface area (Å²) in [5.41, 5.74) is 0.259. The second-order valence-electron chi connectivity index (χ2n) is 4.60. The molecule has 4 nitrogen and oxygen atoms in total. The Hall–Kier alpha value is -1.43. The van der Waals surface area contributed by atoms with Crippen LogP contribution in [-0.2, 0) is 4.79 Å². The van der Waals surface area contributed by atoms with Crippen LogP contribution in [-0.4, -0.2) is 35.0 Å². The number of hydrogen-bond acceptors (Lipinski definition) is 2. The van der Waals surface area contributed by atoms with Crippen molar-refractivity contribution in [2.75, 3.05) is 13.1 Å². The molecule has 0 saturated carbocycles. The molecule has 0 radical (unpaired) electrons. The van der Waals surface area contributed by atoms with E-state index in [0.717, 1.165) is 0 Å². The van der Waals surface area contributed by atoms with Crippen molar-refractivity contribution in [2.45, 2.75) is 13.8 Å². The SMILES string of the molecule is CC(C)CN(CC(=O)O)C(=O)c1ccc(F)c(Br)c1. The van der Waals surface area contributed by atoms with E-state index in [1.54, 1.807) is 0 Å². The average Bonchev–Trinajstić information content (AvgIpc) is 2.29. The normalized spacial score (nSPS) is 10.6. The third-order valence-corrected chi connectivity index (χ3v) is 2.97. The van der Waals surface area contributed by atoms with Gasteiger partial charge in [0.1, 0.15) is 12.4 Å². The summed E-state index contributed by atoms with van der Waals surface area (Å²) >= 11 is 3.00. The number of aliphatic carboxylic acids is 1. The molecule has 104 valence electrons. The molecule has 0 atom stereocenters. The van der Waals surface area contributed by atoms with E-state index in [4.69, 9.17) is 5.11 Å². The number of carbonyl (C=O) groups is 2. The first-order valence-corrected chi connectivity index (χ1v) is 6.56. The number of hydrogen-bond donors (Lipinski definition) is 1. The van der Waals surface area contributed by atoms with Crippen molar-refractivity contribution in [1.29, 1.82) is 0 Å². The van der Waals surface area contributed by atoms with Crippen molar-refractivity contribution < 1.29 is 19.1 Å². The highest BCUT2D eigenvalue weighted by Gasteiger charge is 2.20. The number of carboxylic acid groups (broad SMARTS) is 1. The highest BCUT2D eigenvalue weighted by Crippen LogP contribution is 2.18. The van der Waals surface area contributed by atoms with Crippen molar-refractivity contribution in [2.24, 2.45) is 5.92 Å². The fourth-order valence-electron chi connectivity index (χ4n) is 1.64. The number of halogens is 2. The molecule has 0 aromatic heterocycles. The van der Waals surface area contributed by atoms with Crippen molar-refractivity contribution >= 4 is 27.8 Å². The quantitative estimate of drug-likeness (QED) is 0.902. The van der Waals surface area contributed by atoms with Gasteiger partial charge in [0.15, 0.2) is 0 Å². The van der Waals surface area contributed by atoms with Crippen LogP contribution in [0.3, 0.4) is 0 Å². The lowest BCUT2D eigenvalue weighted by Gasteiger charge is -2.22. The van der Waals surface area contributed by atoms with Crippen LogP contribution in [0.1, 0.15) is 24.2 Å². The maximum absolute atomic E-state index is 13.1. The molecule has 6 heteroatoms. The van der Waals surface area contributed by atoms with E-state index in [-0.39, 0.29) is 22.5 Å². The van der Waals surface area contributed by atoms with Gasteiger partial charge in [-0.2, -0.15) is 0 Å². The lowest BCUT2D eigenvalue weighted by molar-refractivity contribution is -0.137. The van der Waals surface area contributed by atoms with Crippen molar-refractivity contribution in [1.82, 2.24) is 4.90 Å². The molecule has 0 aliphatic carbocycles. The molecule has 1 N–H and O–H groups in total.